The molecule has 0 saturated heterocycles. The van der Waals surface area contributed by atoms with Crippen LogP contribution in [0.3, 0.4) is 0 Å². The molecule has 1 aromatic rings. The molecule has 0 aliphatic heterocycles. The van der Waals surface area contributed by atoms with E-state index < -0.39 is 22.9 Å². The molecule has 0 spiro atoms. The molecule has 1 N–H and O–H groups in total. The maximum atomic E-state index is 12.8. The molecule has 1 aromatic heterocycles. The number of ether oxygens (including phenoxy) is 1. The number of aromatic amines is 1. The molecule has 0 atom stereocenters. The fourth-order valence-electron chi connectivity index (χ4n) is 0.747. The third-order valence-corrected chi connectivity index (χ3v) is 1.30. The second-order valence-corrected chi connectivity index (χ2v) is 2.02. The molecule has 0 fully saturated rings. The van der Waals surface area contributed by atoms with Gasteiger partial charge in [0.2, 0.25) is 0 Å². The first kappa shape index (κ1) is 8.45. The van der Waals surface area contributed by atoms with Crippen molar-refractivity contribution < 1.29 is 13.9 Å². The molecule has 5 heteroatoms. The minimum absolute atomic E-state index is 0.597. The zero-order valence-electron chi connectivity index (χ0n) is 6.26. The number of hydrogen-bond acceptors (Lipinski definition) is 3. The molecule has 0 aliphatic rings. The first-order valence-electron chi connectivity index (χ1n) is 3.12. The normalized spacial score (nSPS) is 9.50. The van der Waals surface area contributed by atoms with Gasteiger partial charge in [0, 0.05) is 6.20 Å². The van der Waals surface area contributed by atoms with Crippen LogP contribution in [0, 0.1) is 5.82 Å². The molecule has 0 aromatic carbocycles. The topological polar surface area (TPSA) is 59.2 Å². The van der Waals surface area contributed by atoms with Crippen LogP contribution in [0.25, 0.3) is 0 Å². The minimum atomic E-state index is -0.977. The fraction of sp³-hybridized carbons (Fsp3) is 0.143. The van der Waals surface area contributed by atoms with Crippen molar-refractivity contribution in [2.75, 3.05) is 7.11 Å². The molecule has 0 unspecified atom stereocenters. The van der Waals surface area contributed by atoms with Crippen LogP contribution < -0.4 is 5.56 Å². The van der Waals surface area contributed by atoms with Crippen LogP contribution in [-0.4, -0.2) is 18.1 Å². The van der Waals surface area contributed by atoms with Gasteiger partial charge in [-0.1, -0.05) is 0 Å². The molecule has 0 saturated carbocycles. The first-order chi connectivity index (χ1) is 5.66. The van der Waals surface area contributed by atoms with E-state index in [0.29, 0.717) is 0 Å². The summed E-state index contributed by atoms with van der Waals surface area (Å²) in [5.74, 6) is -1.86. The molecule has 0 bridgehead atoms. The molecular formula is C7H6FNO3. The molecule has 1 rings (SSSR count). The van der Waals surface area contributed by atoms with Gasteiger partial charge < -0.3 is 9.72 Å². The van der Waals surface area contributed by atoms with Gasteiger partial charge in [0.05, 0.1) is 7.11 Å². The van der Waals surface area contributed by atoms with Crippen molar-refractivity contribution in [2.24, 2.45) is 0 Å². The Bertz CT molecular complexity index is 358. The van der Waals surface area contributed by atoms with E-state index in [-0.39, 0.29) is 0 Å². The Labute approximate surface area is 67.0 Å². The monoisotopic (exact) mass is 171 g/mol. The van der Waals surface area contributed by atoms with Crippen LogP contribution in [0.5, 0.6) is 0 Å². The lowest BCUT2D eigenvalue weighted by atomic mass is 10.3. The number of halogens is 1. The SMILES string of the molecule is COC(=O)c1c(F)cc[nH]c1=O. The quantitative estimate of drug-likeness (QED) is 0.618. The van der Waals surface area contributed by atoms with E-state index in [2.05, 4.69) is 9.72 Å². The van der Waals surface area contributed by atoms with Crippen LogP contribution in [0.4, 0.5) is 4.39 Å². The summed E-state index contributed by atoms with van der Waals surface area (Å²) in [5, 5.41) is 0. The highest BCUT2D eigenvalue weighted by Gasteiger charge is 2.15. The van der Waals surface area contributed by atoms with Gasteiger partial charge >= 0.3 is 5.97 Å². The van der Waals surface area contributed by atoms with Crippen LogP contribution in [0.15, 0.2) is 17.1 Å². The molecule has 0 aliphatic carbocycles. The Morgan fingerprint density at radius 3 is 2.83 bits per heavy atom. The lowest BCUT2D eigenvalue weighted by Gasteiger charge is -1.97. The minimum Gasteiger partial charge on any atom is -0.465 e. The number of aromatic nitrogens is 1. The summed E-state index contributed by atoms with van der Waals surface area (Å²) in [4.78, 5) is 23.8. The lowest BCUT2D eigenvalue weighted by molar-refractivity contribution is 0.0593. The van der Waals surface area contributed by atoms with Gasteiger partial charge in [0.25, 0.3) is 5.56 Å². The lowest BCUT2D eigenvalue weighted by Crippen LogP contribution is -2.20. The summed E-state index contributed by atoms with van der Waals surface area (Å²) in [5.41, 5.74) is -1.39. The van der Waals surface area contributed by atoms with Gasteiger partial charge in [-0.05, 0) is 6.07 Å². The van der Waals surface area contributed by atoms with E-state index in [4.69, 9.17) is 0 Å². The zero-order chi connectivity index (χ0) is 9.14. The summed E-state index contributed by atoms with van der Waals surface area (Å²) in [6, 6.07) is 0.980. The largest absolute Gasteiger partial charge is 0.465 e. The van der Waals surface area contributed by atoms with Crippen molar-refractivity contribution in [3.05, 3.63) is 34.0 Å². The predicted octanol–water partition coefficient (Wildman–Crippen LogP) is 0.301. The number of esters is 1. The van der Waals surface area contributed by atoms with E-state index in [1.165, 1.54) is 0 Å². The van der Waals surface area contributed by atoms with E-state index in [1.54, 1.807) is 0 Å². The molecule has 0 radical (unpaired) electrons. The Balaban J connectivity index is 3.31. The van der Waals surface area contributed by atoms with Crippen LogP contribution >= 0.6 is 0 Å². The van der Waals surface area contributed by atoms with Gasteiger partial charge in [-0.3, -0.25) is 4.79 Å². The number of H-pyrrole nitrogens is 1. The van der Waals surface area contributed by atoms with Gasteiger partial charge in [0.15, 0.2) is 5.56 Å². The molecule has 0 amide bonds. The summed E-state index contributed by atoms with van der Waals surface area (Å²) in [7, 11) is 1.08. The summed E-state index contributed by atoms with van der Waals surface area (Å²) in [6.45, 7) is 0. The zero-order valence-corrected chi connectivity index (χ0v) is 6.26. The van der Waals surface area contributed by atoms with Gasteiger partial charge in [-0.25, -0.2) is 9.18 Å². The van der Waals surface area contributed by atoms with E-state index in [1.807, 2.05) is 0 Å². The third kappa shape index (κ3) is 1.34. The number of rotatable bonds is 1. The van der Waals surface area contributed by atoms with Crippen molar-refractivity contribution in [2.45, 2.75) is 0 Å². The molecule has 64 valence electrons. The third-order valence-electron chi connectivity index (χ3n) is 1.30. The standard InChI is InChI=1S/C7H6FNO3/c1-12-7(11)5-4(8)2-3-9-6(5)10/h2-3H,1H3,(H,9,10). The predicted molar refractivity (Wildman–Crippen MR) is 38.4 cm³/mol. The average Bonchev–Trinajstić information content (AvgIpc) is 2.03. The highest BCUT2D eigenvalue weighted by atomic mass is 19.1. The van der Waals surface area contributed by atoms with Gasteiger partial charge in [-0.15, -0.1) is 0 Å². The second kappa shape index (κ2) is 3.17. The smallest absolute Gasteiger partial charge is 0.346 e. The van der Waals surface area contributed by atoms with E-state index in [9.17, 15) is 14.0 Å². The number of nitrogens with one attached hydrogen (secondary N) is 1. The Hall–Kier alpha value is -1.65. The van der Waals surface area contributed by atoms with E-state index >= 15 is 0 Å². The number of carbonyl (C=O) groups excluding carboxylic acids is 1. The van der Waals surface area contributed by atoms with Crippen LogP contribution in [-0.2, 0) is 4.74 Å². The van der Waals surface area contributed by atoms with Crippen molar-refractivity contribution >= 4 is 5.97 Å². The average molecular weight is 171 g/mol. The molecule has 12 heavy (non-hydrogen) atoms. The number of methoxy groups -OCH3 is 1. The van der Waals surface area contributed by atoms with Crippen LogP contribution in [0.2, 0.25) is 0 Å². The first-order valence-corrected chi connectivity index (χ1v) is 3.12. The Morgan fingerprint density at radius 1 is 1.67 bits per heavy atom. The summed E-state index contributed by atoms with van der Waals surface area (Å²) >= 11 is 0. The molecule has 1 heterocycles. The maximum absolute atomic E-state index is 12.8. The molecular weight excluding hydrogens is 165 g/mol. The van der Waals surface area contributed by atoms with Gasteiger partial charge in [0.1, 0.15) is 5.82 Å². The number of carbonyl (C=O) groups is 1. The second-order valence-electron chi connectivity index (χ2n) is 2.02. The van der Waals surface area contributed by atoms with Crippen molar-refractivity contribution in [1.82, 2.24) is 4.98 Å². The highest BCUT2D eigenvalue weighted by molar-refractivity contribution is 5.89. The van der Waals surface area contributed by atoms with Crippen molar-refractivity contribution in [3.63, 3.8) is 0 Å². The van der Waals surface area contributed by atoms with Crippen LogP contribution in [0.1, 0.15) is 10.4 Å². The number of pyridine rings is 1. The Kier molecular flexibility index (Phi) is 2.23. The summed E-state index contributed by atoms with van der Waals surface area (Å²) < 4.78 is 17.0. The van der Waals surface area contributed by atoms with Crippen molar-refractivity contribution in [3.8, 4) is 0 Å². The Morgan fingerprint density at radius 2 is 2.33 bits per heavy atom. The summed E-state index contributed by atoms with van der Waals surface area (Å²) in [6.07, 6.45) is 1.12. The van der Waals surface area contributed by atoms with E-state index in [0.717, 1.165) is 19.4 Å². The maximum Gasteiger partial charge on any atom is 0.346 e. The molecule has 4 nitrogen and oxygen atoms in total. The number of hydrogen-bond donors (Lipinski definition) is 1. The highest BCUT2D eigenvalue weighted by Crippen LogP contribution is 2.00. The van der Waals surface area contributed by atoms with Gasteiger partial charge in [-0.2, -0.15) is 0 Å². The van der Waals surface area contributed by atoms with Crippen molar-refractivity contribution in [1.29, 1.82) is 0 Å². The fourth-order valence-corrected chi connectivity index (χ4v) is 0.747.